The normalized spacial score (nSPS) is 12.3. The van der Waals surface area contributed by atoms with Gasteiger partial charge in [0.1, 0.15) is 5.16 Å². The fourth-order valence-electron chi connectivity index (χ4n) is 0.396. The van der Waals surface area contributed by atoms with E-state index in [2.05, 4.69) is 0 Å². The van der Waals surface area contributed by atoms with Crippen LogP contribution >= 0.6 is 11.6 Å². The van der Waals surface area contributed by atoms with Gasteiger partial charge in [-0.2, -0.15) is 0 Å². The Hall–Kier alpha value is -0.830. The van der Waals surface area contributed by atoms with Crippen LogP contribution in [-0.4, -0.2) is 0 Å². The SMILES string of the molecule is CC(=C(N)N)/C(C)=C(\N)Cl. The van der Waals surface area contributed by atoms with Gasteiger partial charge in [0, 0.05) is 0 Å². The van der Waals surface area contributed by atoms with Gasteiger partial charge >= 0.3 is 0 Å². The molecule has 0 bridgehead atoms. The van der Waals surface area contributed by atoms with E-state index in [1.165, 1.54) is 0 Å². The highest BCUT2D eigenvalue weighted by Crippen LogP contribution is 2.12. The molecule has 0 spiro atoms. The highest BCUT2D eigenvalue weighted by atomic mass is 35.5. The first-order chi connectivity index (χ1) is 4.46. The predicted octanol–water partition coefficient (Wildman–Crippen LogP) is 0.564. The first-order valence-corrected chi connectivity index (χ1v) is 3.18. The van der Waals surface area contributed by atoms with Gasteiger partial charge in [-0.1, -0.05) is 11.6 Å². The quantitative estimate of drug-likeness (QED) is 0.389. The highest BCUT2D eigenvalue weighted by Gasteiger charge is 1.99. The van der Waals surface area contributed by atoms with Gasteiger partial charge in [-0.15, -0.1) is 0 Å². The van der Waals surface area contributed by atoms with Crippen molar-refractivity contribution in [2.24, 2.45) is 17.2 Å². The number of allylic oxidation sites excluding steroid dienone is 2. The lowest BCUT2D eigenvalue weighted by atomic mass is 10.1. The first kappa shape index (κ1) is 9.17. The molecule has 0 saturated carbocycles. The molecule has 0 amide bonds. The molecule has 10 heavy (non-hydrogen) atoms. The Bertz CT molecular complexity index is 163. The van der Waals surface area contributed by atoms with Crippen molar-refractivity contribution in [1.29, 1.82) is 0 Å². The van der Waals surface area contributed by atoms with Crippen LogP contribution in [0.2, 0.25) is 0 Å². The summed E-state index contributed by atoms with van der Waals surface area (Å²) in [6, 6.07) is 0. The monoisotopic (exact) mass is 161 g/mol. The van der Waals surface area contributed by atoms with Crippen molar-refractivity contribution < 1.29 is 0 Å². The Morgan fingerprint density at radius 3 is 1.50 bits per heavy atom. The summed E-state index contributed by atoms with van der Waals surface area (Å²) in [7, 11) is 0. The molecule has 6 N–H and O–H groups in total. The van der Waals surface area contributed by atoms with Crippen LogP contribution in [0.1, 0.15) is 13.8 Å². The molecule has 0 unspecified atom stereocenters. The predicted molar refractivity (Wildman–Crippen MR) is 43.8 cm³/mol. The second-order valence-electron chi connectivity index (χ2n) is 2.05. The fraction of sp³-hybridized carbons (Fsp3) is 0.333. The number of hydrogen-bond donors (Lipinski definition) is 3. The lowest BCUT2D eigenvalue weighted by Gasteiger charge is -2.03. The molecule has 0 heterocycles. The smallest absolute Gasteiger partial charge is 0.102 e. The van der Waals surface area contributed by atoms with Crippen molar-refractivity contribution in [3.05, 3.63) is 22.1 Å². The van der Waals surface area contributed by atoms with Crippen LogP contribution in [0.3, 0.4) is 0 Å². The maximum absolute atomic E-state index is 5.48. The van der Waals surface area contributed by atoms with Crippen molar-refractivity contribution in [1.82, 2.24) is 0 Å². The molecule has 0 aliphatic carbocycles. The van der Waals surface area contributed by atoms with Gasteiger partial charge in [0.25, 0.3) is 0 Å². The third-order valence-corrected chi connectivity index (χ3v) is 1.64. The van der Waals surface area contributed by atoms with E-state index in [1.807, 2.05) is 0 Å². The number of hydrogen-bond acceptors (Lipinski definition) is 3. The van der Waals surface area contributed by atoms with E-state index in [0.717, 1.165) is 11.1 Å². The Morgan fingerprint density at radius 2 is 1.40 bits per heavy atom. The number of rotatable bonds is 1. The Labute approximate surface area is 65.5 Å². The Balaban J connectivity index is 4.71. The number of halogens is 1. The molecule has 0 saturated heterocycles. The molecule has 0 aromatic heterocycles. The van der Waals surface area contributed by atoms with Gasteiger partial charge in [-0.05, 0) is 25.0 Å². The summed E-state index contributed by atoms with van der Waals surface area (Å²) in [5.41, 5.74) is 17.3. The summed E-state index contributed by atoms with van der Waals surface area (Å²) >= 11 is 5.48. The van der Waals surface area contributed by atoms with E-state index in [-0.39, 0.29) is 11.0 Å². The van der Waals surface area contributed by atoms with Crippen LogP contribution in [0.5, 0.6) is 0 Å². The second-order valence-corrected chi connectivity index (χ2v) is 2.46. The molecule has 0 fully saturated rings. The van der Waals surface area contributed by atoms with Crippen LogP contribution in [0.25, 0.3) is 0 Å². The average Bonchev–Trinajstić information content (AvgIpc) is 1.84. The molecule has 0 radical (unpaired) electrons. The van der Waals surface area contributed by atoms with Crippen LogP contribution in [0.4, 0.5) is 0 Å². The topological polar surface area (TPSA) is 78.1 Å². The Morgan fingerprint density at radius 1 is 1.00 bits per heavy atom. The van der Waals surface area contributed by atoms with E-state index in [0.29, 0.717) is 0 Å². The molecular weight excluding hydrogens is 150 g/mol. The summed E-state index contributed by atoms with van der Waals surface area (Å²) in [6.45, 7) is 3.53. The molecule has 0 aliphatic heterocycles. The van der Waals surface area contributed by atoms with E-state index < -0.39 is 0 Å². The minimum atomic E-state index is 0.228. The molecule has 58 valence electrons. The summed E-state index contributed by atoms with van der Waals surface area (Å²) in [6.07, 6.45) is 0. The molecule has 0 aromatic rings. The van der Waals surface area contributed by atoms with Gasteiger partial charge < -0.3 is 17.2 Å². The van der Waals surface area contributed by atoms with Crippen molar-refractivity contribution in [2.75, 3.05) is 0 Å². The van der Waals surface area contributed by atoms with Crippen LogP contribution < -0.4 is 17.2 Å². The summed E-state index contributed by atoms with van der Waals surface area (Å²) in [5.74, 6) is 0.251. The van der Waals surface area contributed by atoms with E-state index >= 15 is 0 Å². The van der Waals surface area contributed by atoms with E-state index in [1.54, 1.807) is 13.8 Å². The molecule has 4 heteroatoms. The largest absolute Gasteiger partial charge is 0.389 e. The summed E-state index contributed by atoms with van der Waals surface area (Å²) in [5, 5.41) is 0.228. The van der Waals surface area contributed by atoms with Gasteiger partial charge in [-0.25, -0.2) is 0 Å². The molecule has 3 nitrogen and oxygen atoms in total. The maximum atomic E-state index is 5.48. The lowest BCUT2D eigenvalue weighted by molar-refractivity contribution is 1.14. The molecular formula is C6H12ClN3. The third kappa shape index (κ3) is 2.19. The van der Waals surface area contributed by atoms with E-state index in [9.17, 15) is 0 Å². The van der Waals surface area contributed by atoms with Gasteiger partial charge in [0.2, 0.25) is 0 Å². The van der Waals surface area contributed by atoms with Crippen LogP contribution in [0, 0.1) is 0 Å². The zero-order chi connectivity index (χ0) is 8.31. The Kier molecular flexibility index (Phi) is 3.09. The maximum Gasteiger partial charge on any atom is 0.102 e. The van der Waals surface area contributed by atoms with Crippen LogP contribution in [0.15, 0.2) is 22.1 Å². The second kappa shape index (κ2) is 3.37. The zero-order valence-corrected chi connectivity index (χ0v) is 6.87. The van der Waals surface area contributed by atoms with Crippen LogP contribution in [-0.2, 0) is 0 Å². The van der Waals surface area contributed by atoms with Gasteiger partial charge in [-0.3, -0.25) is 0 Å². The van der Waals surface area contributed by atoms with Crippen molar-refractivity contribution in [2.45, 2.75) is 13.8 Å². The minimum Gasteiger partial charge on any atom is -0.389 e. The lowest BCUT2D eigenvalue weighted by Crippen LogP contribution is -2.12. The molecule has 0 aromatic carbocycles. The highest BCUT2D eigenvalue weighted by molar-refractivity contribution is 6.29. The van der Waals surface area contributed by atoms with E-state index in [4.69, 9.17) is 28.8 Å². The third-order valence-electron chi connectivity index (χ3n) is 1.35. The molecule has 0 atom stereocenters. The minimum absolute atomic E-state index is 0.228. The average molecular weight is 162 g/mol. The molecule has 0 aliphatic rings. The fourth-order valence-corrected chi connectivity index (χ4v) is 0.537. The van der Waals surface area contributed by atoms with Gasteiger partial charge in [0.05, 0.1) is 5.82 Å². The first-order valence-electron chi connectivity index (χ1n) is 2.81. The summed E-state index contributed by atoms with van der Waals surface area (Å²) in [4.78, 5) is 0. The number of nitrogens with two attached hydrogens (primary N) is 3. The molecule has 0 rings (SSSR count). The van der Waals surface area contributed by atoms with Crippen molar-refractivity contribution in [3.63, 3.8) is 0 Å². The standard InChI is InChI=1S/C6H12ClN3/c1-3(5(7)8)4(2)6(9)10/h8-10H2,1-2H3/b5-3-. The zero-order valence-electron chi connectivity index (χ0n) is 6.11. The summed E-state index contributed by atoms with van der Waals surface area (Å²) < 4.78 is 0. The van der Waals surface area contributed by atoms with Crippen molar-refractivity contribution >= 4 is 11.6 Å². The van der Waals surface area contributed by atoms with Crippen molar-refractivity contribution in [3.8, 4) is 0 Å². The van der Waals surface area contributed by atoms with Gasteiger partial charge in [0.15, 0.2) is 0 Å².